The molecule has 2 heterocycles. The minimum Gasteiger partial charge on any atom is -0.456 e. The summed E-state index contributed by atoms with van der Waals surface area (Å²) < 4.78 is 8.81. The second kappa shape index (κ2) is 10.1. The molecule has 8 aromatic rings. The topological polar surface area (TPSA) is 14.2 Å². The van der Waals surface area contributed by atoms with Crippen molar-refractivity contribution in [1.29, 1.82) is 0 Å². The Labute approximate surface area is 273 Å². The van der Waals surface area contributed by atoms with Gasteiger partial charge in [-0.25, -0.2) is 0 Å². The molecule has 1 atom stereocenters. The molecule has 1 aliphatic carbocycles. The zero-order valence-corrected chi connectivity index (χ0v) is 26.1. The molecule has 1 aromatic heterocycles. The molecule has 1 unspecified atom stereocenters. The Kier molecular flexibility index (Phi) is 5.65. The van der Waals surface area contributed by atoms with Crippen LogP contribution < -0.4 is 4.74 Å². The van der Waals surface area contributed by atoms with E-state index in [4.69, 9.17) is 4.74 Å². The summed E-state index contributed by atoms with van der Waals surface area (Å²) in [6.07, 6.45) is 3.27. The van der Waals surface area contributed by atoms with Crippen molar-refractivity contribution < 1.29 is 4.74 Å². The van der Waals surface area contributed by atoms with Gasteiger partial charge in [-0.1, -0.05) is 110 Å². The van der Waals surface area contributed by atoms with Crippen molar-refractivity contribution in [2.24, 2.45) is 0 Å². The quantitative estimate of drug-likeness (QED) is 0.196. The van der Waals surface area contributed by atoms with Gasteiger partial charge in [-0.05, 0) is 105 Å². The molecule has 47 heavy (non-hydrogen) atoms. The monoisotopic (exact) mass is 601 g/mol. The van der Waals surface area contributed by atoms with Gasteiger partial charge >= 0.3 is 0 Å². The van der Waals surface area contributed by atoms with Crippen molar-refractivity contribution in [1.82, 2.24) is 4.57 Å². The van der Waals surface area contributed by atoms with Crippen molar-refractivity contribution in [2.75, 3.05) is 0 Å². The number of allylic oxidation sites excluding steroid dienone is 1. The number of hydrogen-bond donors (Lipinski definition) is 0. The molecular formula is C45H31NO. The van der Waals surface area contributed by atoms with Gasteiger partial charge in [0.05, 0.1) is 11.0 Å². The lowest BCUT2D eigenvalue weighted by Gasteiger charge is -2.30. The Morgan fingerprint density at radius 3 is 2.04 bits per heavy atom. The molecule has 2 aliphatic rings. The first-order valence-electron chi connectivity index (χ1n) is 16.5. The predicted octanol–water partition coefficient (Wildman–Crippen LogP) is 12.2. The Bertz CT molecular complexity index is 2570. The minimum absolute atomic E-state index is 0.506. The van der Waals surface area contributed by atoms with E-state index in [-0.39, 0.29) is 0 Å². The number of para-hydroxylation sites is 1. The van der Waals surface area contributed by atoms with Crippen LogP contribution >= 0.6 is 0 Å². The highest BCUT2D eigenvalue weighted by atomic mass is 16.5. The molecule has 0 saturated carbocycles. The molecule has 2 heteroatoms. The Hall–Kier alpha value is -5.86. The van der Waals surface area contributed by atoms with Crippen molar-refractivity contribution in [2.45, 2.75) is 19.3 Å². The lowest BCUT2D eigenvalue weighted by molar-refractivity contribution is 0.501. The first-order chi connectivity index (χ1) is 23.2. The molecule has 0 bridgehead atoms. The zero-order valence-electron chi connectivity index (χ0n) is 26.1. The summed E-state index contributed by atoms with van der Waals surface area (Å²) in [5, 5.41) is 5.09. The van der Waals surface area contributed by atoms with Gasteiger partial charge < -0.3 is 9.30 Å². The standard InChI is InChI=1S/C45H31NO/c1-28-13-23-44-45-36(28)10-6-11-38(45)40-26-34(20-24-43(40)47-44)31-16-14-29(15-17-31)30-18-21-35(22-19-30)46-41-12-5-4-9-37(41)39-25-32-7-2-3-8-33(32)27-42(39)46/h2-12,14-28H,13H2,1H3. The Balaban J connectivity index is 0.993. The Morgan fingerprint density at radius 1 is 0.553 bits per heavy atom. The molecule has 0 N–H and O–H groups in total. The van der Waals surface area contributed by atoms with E-state index in [1.54, 1.807) is 0 Å². The van der Waals surface area contributed by atoms with E-state index < -0.39 is 0 Å². The summed E-state index contributed by atoms with van der Waals surface area (Å²) in [6, 6.07) is 53.2. The van der Waals surface area contributed by atoms with E-state index in [9.17, 15) is 0 Å². The van der Waals surface area contributed by atoms with Crippen molar-refractivity contribution in [3.63, 3.8) is 0 Å². The maximum absolute atomic E-state index is 6.42. The third-order valence-electron chi connectivity index (χ3n) is 10.2. The zero-order chi connectivity index (χ0) is 31.1. The molecule has 0 spiro atoms. The maximum Gasteiger partial charge on any atom is 0.135 e. The molecular weight excluding hydrogens is 571 g/mol. The average Bonchev–Trinajstić information content (AvgIpc) is 3.45. The average molecular weight is 602 g/mol. The van der Waals surface area contributed by atoms with Gasteiger partial charge in [0.1, 0.15) is 11.5 Å². The SMILES string of the molecule is CC1CC=C2Oc3ccc(-c4ccc(-c5ccc(-n6c7ccccc7c7cc8ccccc8cc76)cc5)cc4)cc3-c3cccc1c32. The molecule has 7 aromatic carbocycles. The lowest BCUT2D eigenvalue weighted by atomic mass is 9.81. The van der Waals surface area contributed by atoms with Crippen LogP contribution in [0.3, 0.4) is 0 Å². The highest BCUT2D eigenvalue weighted by Crippen LogP contribution is 2.48. The largest absolute Gasteiger partial charge is 0.456 e. The van der Waals surface area contributed by atoms with Gasteiger partial charge in [-0.2, -0.15) is 0 Å². The summed E-state index contributed by atoms with van der Waals surface area (Å²) in [7, 11) is 0. The summed E-state index contributed by atoms with van der Waals surface area (Å²) in [6.45, 7) is 2.30. The van der Waals surface area contributed by atoms with E-state index in [0.717, 1.165) is 17.9 Å². The maximum atomic E-state index is 6.42. The van der Waals surface area contributed by atoms with Gasteiger partial charge in [-0.15, -0.1) is 0 Å². The van der Waals surface area contributed by atoms with Crippen LogP contribution in [0.25, 0.3) is 77.4 Å². The highest BCUT2D eigenvalue weighted by molar-refractivity contribution is 6.13. The van der Waals surface area contributed by atoms with Gasteiger partial charge in [0.25, 0.3) is 0 Å². The fourth-order valence-electron chi connectivity index (χ4n) is 7.80. The van der Waals surface area contributed by atoms with Gasteiger partial charge in [0, 0.05) is 27.6 Å². The van der Waals surface area contributed by atoms with E-state index >= 15 is 0 Å². The molecule has 0 radical (unpaired) electrons. The van der Waals surface area contributed by atoms with Crippen LogP contribution in [0.4, 0.5) is 0 Å². The van der Waals surface area contributed by atoms with Crippen molar-refractivity contribution in [3.05, 3.63) is 163 Å². The molecule has 1 aliphatic heterocycles. The molecule has 0 amide bonds. The lowest BCUT2D eigenvalue weighted by Crippen LogP contribution is -2.13. The van der Waals surface area contributed by atoms with E-state index in [1.807, 2.05) is 0 Å². The Morgan fingerprint density at radius 2 is 1.23 bits per heavy atom. The third-order valence-corrected chi connectivity index (χ3v) is 10.2. The number of hydrogen-bond acceptors (Lipinski definition) is 1. The first kappa shape index (κ1) is 26.4. The minimum atomic E-state index is 0.506. The van der Waals surface area contributed by atoms with Crippen molar-refractivity contribution >= 4 is 38.3 Å². The van der Waals surface area contributed by atoms with Crippen molar-refractivity contribution in [3.8, 4) is 44.8 Å². The summed E-state index contributed by atoms with van der Waals surface area (Å²) in [5.74, 6) is 2.45. The van der Waals surface area contributed by atoms with Gasteiger partial charge in [0.15, 0.2) is 0 Å². The van der Waals surface area contributed by atoms with Crippen LogP contribution in [0.15, 0.2) is 152 Å². The predicted molar refractivity (Wildman–Crippen MR) is 196 cm³/mol. The van der Waals surface area contributed by atoms with Crippen LogP contribution in [0, 0.1) is 0 Å². The van der Waals surface area contributed by atoms with E-state index in [1.165, 1.54) is 82.8 Å². The van der Waals surface area contributed by atoms with Crippen LogP contribution in [0.2, 0.25) is 0 Å². The molecule has 10 rings (SSSR count). The molecule has 222 valence electrons. The van der Waals surface area contributed by atoms with Crippen LogP contribution in [-0.2, 0) is 0 Å². The van der Waals surface area contributed by atoms with E-state index in [2.05, 4.69) is 163 Å². The second-order valence-electron chi connectivity index (χ2n) is 13.0. The number of rotatable bonds is 3. The van der Waals surface area contributed by atoms with Gasteiger partial charge in [0.2, 0.25) is 0 Å². The normalized spacial score (nSPS) is 14.9. The highest BCUT2D eigenvalue weighted by Gasteiger charge is 2.28. The number of fused-ring (bicyclic) bond motifs is 6. The number of ether oxygens (including phenoxy) is 1. The molecule has 0 saturated heterocycles. The van der Waals surface area contributed by atoms with Gasteiger partial charge in [-0.3, -0.25) is 0 Å². The van der Waals surface area contributed by atoms with Crippen LogP contribution in [0.5, 0.6) is 5.75 Å². The first-order valence-corrected chi connectivity index (χ1v) is 16.5. The smallest absolute Gasteiger partial charge is 0.135 e. The fourth-order valence-corrected chi connectivity index (χ4v) is 7.80. The second-order valence-corrected chi connectivity index (χ2v) is 13.0. The van der Waals surface area contributed by atoms with Crippen LogP contribution in [-0.4, -0.2) is 4.57 Å². The van der Waals surface area contributed by atoms with Crippen LogP contribution in [0.1, 0.15) is 30.4 Å². The third kappa shape index (κ3) is 4.05. The summed E-state index contributed by atoms with van der Waals surface area (Å²) in [5.41, 5.74) is 13.5. The summed E-state index contributed by atoms with van der Waals surface area (Å²) in [4.78, 5) is 0. The molecule has 2 nitrogen and oxygen atoms in total. The fraction of sp³-hybridized carbons (Fsp3) is 0.0667. The molecule has 0 fully saturated rings. The summed E-state index contributed by atoms with van der Waals surface area (Å²) >= 11 is 0. The number of aromatic nitrogens is 1. The number of benzene rings is 7. The number of nitrogens with zero attached hydrogens (tertiary/aromatic N) is 1. The van der Waals surface area contributed by atoms with E-state index in [0.29, 0.717) is 5.92 Å².